The average Bonchev–Trinajstić information content (AvgIpc) is 2.33. The van der Waals surface area contributed by atoms with Gasteiger partial charge in [0.15, 0.2) is 17.5 Å². The Bertz CT molecular complexity index is 555. The van der Waals surface area contributed by atoms with E-state index in [1.54, 1.807) is 0 Å². The number of hydrazone groups is 1. The Hall–Kier alpha value is -2.06. The van der Waals surface area contributed by atoms with Crippen LogP contribution in [0.15, 0.2) is 15.6 Å². The van der Waals surface area contributed by atoms with Crippen LogP contribution < -0.4 is 5.43 Å². The van der Waals surface area contributed by atoms with Crippen molar-refractivity contribution in [3.05, 3.63) is 28.0 Å². The predicted octanol–water partition coefficient (Wildman–Crippen LogP) is 2.68. The lowest BCUT2D eigenvalue weighted by atomic mass is 10.3. The second-order valence-electron chi connectivity index (χ2n) is 2.64. The van der Waals surface area contributed by atoms with Gasteiger partial charge in [-0.3, -0.25) is 5.43 Å². The van der Waals surface area contributed by atoms with Crippen LogP contribution >= 0.6 is 15.9 Å². The third-order valence-corrected chi connectivity index (χ3v) is 2.38. The normalized spacial score (nSPS) is 9.06. The van der Waals surface area contributed by atoms with Gasteiger partial charge in [-0.25, -0.2) is 13.2 Å². The molecule has 86 valence electrons. The second kappa shape index (κ2) is 5.32. The first-order valence-electron chi connectivity index (χ1n) is 3.98. The lowest BCUT2D eigenvalue weighted by Gasteiger charge is -2.05. The molecule has 1 N–H and O–H groups in total. The highest BCUT2D eigenvalue weighted by molar-refractivity contribution is 9.10. The summed E-state index contributed by atoms with van der Waals surface area (Å²) in [7, 11) is 0. The largest absolute Gasteiger partial charge is 0.275 e. The van der Waals surface area contributed by atoms with E-state index in [2.05, 4.69) is 26.5 Å². The van der Waals surface area contributed by atoms with Crippen molar-refractivity contribution < 1.29 is 13.2 Å². The Morgan fingerprint density at radius 3 is 2.35 bits per heavy atom. The van der Waals surface area contributed by atoms with E-state index in [0.717, 1.165) is 0 Å². The minimum Gasteiger partial charge on any atom is -0.275 e. The molecule has 0 aliphatic carbocycles. The van der Waals surface area contributed by atoms with Crippen LogP contribution in [0, 0.1) is 40.1 Å². The number of rotatable bonds is 2. The molecule has 1 aromatic carbocycles. The van der Waals surface area contributed by atoms with Gasteiger partial charge in [-0.05, 0) is 15.9 Å². The van der Waals surface area contributed by atoms with Crippen molar-refractivity contribution in [2.75, 3.05) is 5.43 Å². The molecular weight excluding hydrogens is 301 g/mol. The molecule has 1 rings (SSSR count). The van der Waals surface area contributed by atoms with Crippen LogP contribution in [0.4, 0.5) is 18.9 Å². The maximum atomic E-state index is 13.1. The highest BCUT2D eigenvalue weighted by Gasteiger charge is 2.16. The van der Waals surface area contributed by atoms with Gasteiger partial charge in [0, 0.05) is 6.07 Å². The molecule has 0 aliphatic heterocycles. The fourth-order valence-corrected chi connectivity index (χ4v) is 1.22. The molecule has 0 fully saturated rings. The van der Waals surface area contributed by atoms with Crippen LogP contribution in [0.2, 0.25) is 0 Å². The van der Waals surface area contributed by atoms with Crippen molar-refractivity contribution >= 4 is 27.3 Å². The molecule has 0 saturated heterocycles. The van der Waals surface area contributed by atoms with E-state index < -0.39 is 27.6 Å². The topological polar surface area (TPSA) is 72.0 Å². The molecule has 0 aliphatic rings. The van der Waals surface area contributed by atoms with Crippen LogP contribution in [0.5, 0.6) is 0 Å². The number of benzene rings is 1. The standard InChI is InChI=1S/C9H2BrF3N4/c10-7-6(17-16-4(2-14)3-15)1-5(11)8(12)9(7)13/h1,17H. The summed E-state index contributed by atoms with van der Waals surface area (Å²) in [5, 5.41) is 20.0. The molecule has 4 nitrogen and oxygen atoms in total. The number of anilines is 1. The molecule has 0 aromatic heterocycles. The van der Waals surface area contributed by atoms with Gasteiger partial charge in [0.05, 0.1) is 10.2 Å². The Morgan fingerprint density at radius 1 is 1.24 bits per heavy atom. The second-order valence-corrected chi connectivity index (χ2v) is 3.44. The highest BCUT2D eigenvalue weighted by Crippen LogP contribution is 2.29. The van der Waals surface area contributed by atoms with Gasteiger partial charge in [0.25, 0.3) is 0 Å². The molecule has 0 saturated carbocycles. The van der Waals surface area contributed by atoms with Crippen LogP contribution in [0.1, 0.15) is 0 Å². The number of nitriles is 2. The lowest BCUT2D eigenvalue weighted by Crippen LogP contribution is -2.01. The van der Waals surface area contributed by atoms with Crippen molar-refractivity contribution in [1.82, 2.24) is 0 Å². The number of hydrogen-bond acceptors (Lipinski definition) is 4. The van der Waals surface area contributed by atoms with E-state index in [1.807, 2.05) is 0 Å². The molecule has 0 atom stereocenters. The van der Waals surface area contributed by atoms with Gasteiger partial charge in [0.2, 0.25) is 5.71 Å². The summed E-state index contributed by atoms with van der Waals surface area (Å²) in [6, 6.07) is 3.50. The molecule has 0 bridgehead atoms. The Balaban J connectivity index is 3.15. The van der Waals surface area contributed by atoms with Crippen molar-refractivity contribution in [3.8, 4) is 12.1 Å². The van der Waals surface area contributed by atoms with Gasteiger partial charge >= 0.3 is 0 Å². The van der Waals surface area contributed by atoms with Gasteiger partial charge < -0.3 is 0 Å². The van der Waals surface area contributed by atoms with E-state index in [-0.39, 0.29) is 5.69 Å². The van der Waals surface area contributed by atoms with E-state index in [9.17, 15) is 13.2 Å². The number of nitrogens with zero attached hydrogens (tertiary/aromatic N) is 3. The summed E-state index contributed by atoms with van der Waals surface area (Å²) < 4.78 is 38.3. The summed E-state index contributed by atoms with van der Waals surface area (Å²) in [4.78, 5) is 0. The SMILES string of the molecule is N#CC(C#N)=NNc1cc(F)c(F)c(F)c1Br. The smallest absolute Gasteiger partial charge is 0.237 e. The molecule has 0 heterocycles. The minimum absolute atomic E-state index is 0.246. The highest BCUT2D eigenvalue weighted by atomic mass is 79.9. The van der Waals surface area contributed by atoms with Gasteiger partial charge in [-0.2, -0.15) is 15.6 Å². The molecule has 1 aromatic rings. The summed E-state index contributed by atoms with van der Waals surface area (Å²) in [6.07, 6.45) is 0. The fourth-order valence-electron chi connectivity index (χ4n) is 0.845. The summed E-state index contributed by atoms with van der Waals surface area (Å²) in [5.41, 5.74) is 1.29. The van der Waals surface area contributed by atoms with Gasteiger partial charge in [0.1, 0.15) is 12.1 Å². The summed E-state index contributed by atoms with van der Waals surface area (Å²) >= 11 is 2.68. The molecule has 0 unspecified atom stereocenters. The zero-order valence-electron chi connectivity index (χ0n) is 7.93. The molecule has 0 radical (unpaired) electrons. The quantitative estimate of drug-likeness (QED) is 0.395. The van der Waals surface area contributed by atoms with Crippen LogP contribution in [0.25, 0.3) is 0 Å². The van der Waals surface area contributed by atoms with Crippen LogP contribution in [0.3, 0.4) is 0 Å². The lowest BCUT2D eigenvalue weighted by molar-refractivity contribution is 0.445. The molecular formula is C9H2BrF3N4. The van der Waals surface area contributed by atoms with Crippen molar-refractivity contribution in [3.63, 3.8) is 0 Å². The third kappa shape index (κ3) is 2.74. The zero-order valence-corrected chi connectivity index (χ0v) is 9.52. The van der Waals surface area contributed by atoms with Crippen LogP contribution in [-0.2, 0) is 0 Å². The van der Waals surface area contributed by atoms with Gasteiger partial charge in [-0.1, -0.05) is 0 Å². The number of nitrogens with one attached hydrogen (secondary N) is 1. The van der Waals surface area contributed by atoms with Crippen molar-refractivity contribution in [2.45, 2.75) is 0 Å². The number of halogens is 4. The summed E-state index contributed by atoms with van der Waals surface area (Å²) in [5.74, 6) is -4.48. The Labute approximate surface area is 102 Å². The monoisotopic (exact) mass is 302 g/mol. The Kier molecular flexibility index (Phi) is 4.07. The minimum atomic E-state index is -1.63. The third-order valence-electron chi connectivity index (χ3n) is 1.60. The van der Waals surface area contributed by atoms with Gasteiger partial charge in [-0.15, -0.1) is 0 Å². The first-order chi connectivity index (χ1) is 8.01. The first kappa shape index (κ1) is 13.0. The van der Waals surface area contributed by atoms with Crippen molar-refractivity contribution in [1.29, 1.82) is 10.5 Å². The number of hydrogen-bond donors (Lipinski definition) is 1. The fraction of sp³-hybridized carbons (Fsp3) is 0. The zero-order chi connectivity index (χ0) is 13.0. The summed E-state index contributed by atoms with van der Waals surface area (Å²) in [6.45, 7) is 0. The average molecular weight is 303 g/mol. The Morgan fingerprint density at radius 2 is 1.82 bits per heavy atom. The molecule has 0 spiro atoms. The van der Waals surface area contributed by atoms with E-state index in [4.69, 9.17) is 10.5 Å². The molecule has 17 heavy (non-hydrogen) atoms. The van der Waals surface area contributed by atoms with Crippen molar-refractivity contribution in [2.24, 2.45) is 5.10 Å². The predicted molar refractivity (Wildman–Crippen MR) is 56.3 cm³/mol. The van der Waals surface area contributed by atoms with E-state index in [0.29, 0.717) is 6.07 Å². The molecule has 0 amide bonds. The molecule has 8 heteroatoms. The van der Waals surface area contributed by atoms with E-state index in [1.165, 1.54) is 12.1 Å². The maximum Gasteiger partial charge on any atom is 0.237 e. The maximum absolute atomic E-state index is 13.1. The first-order valence-corrected chi connectivity index (χ1v) is 4.77. The van der Waals surface area contributed by atoms with E-state index >= 15 is 0 Å². The van der Waals surface area contributed by atoms with Crippen LogP contribution in [-0.4, -0.2) is 5.71 Å².